The fourth-order valence-corrected chi connectivity index (χ4v) is 2.04. The van der Waals surface area contributed by atoms with Crippen molar-refractivity contribution in [1.29, 1.82) is 0 Å². The number of esters is 1. The Bertz CT molecular complexity index is 551. The maximum Gasteiger partial charge on any atom is 0.314 e. The molecule has 0 bridgehead atoms. The average Bonchev–Trinajstić information content (AvgIpc) is 2.54. The molecule has 0 aliphatic rings. The molecule has 0 spiro atoms. The standard InChI is InChI=1S/C18H18O3/c1-2-16(19)13-17(20)21-18(14-9-5-3-6-10-14)15-11-7-4-8-12-15/h3-12,18H,2,13H2,1H3. The van der Waals surface area contributed by atoms with E-state index in [9.17, 15) is 9.59 Å². The van der Waals surface area contributed by atoms with E-state index in [0.29, 0.717) is 6.42 Å². The summed E-state index contributed by atoms with van der Waals surface area (Å²) in [6.07, 6.45) is -0.312. The Morgan fingerprint density at radius 3 is 1.81 bits per heavy atom. The second-order valence-corrected chi connectivity index (χ2v) is 4.76. The largest absolute Gasteiger partial charge is 0.452 e. The van der Waals surface area contributed by atoms with E-state index in [-0.39, 0.29) is 12.2 Å². The Labute approximate surface area is 124 Å². The van der Waals surface area contributed by atoms with Crippen LogP contribution in [0.3, 0.4) is 0 Å². The Kier molecular flexibility index (Phi) is 5.27. The van der Waals surface area contributed by atoms with Crippen molar-refractivity contribution >= 4 is 11.8 Å². The summed E-state index contributed by atoms with van der Waals surface area (Å²) in [6.45, 7) is 1.74. The van der Waals surface area contributed by atoms with E-state index in [1.54, 1.807) is 6.92 Å². The molecule has 0 aliphatic carbocycles. The third-order valence-corrected chi connectivity index (χ3v) is 3.19. The van der Waals surface area contributed by atoms with Crippen LogP contribution in [-0.4, -0.2) is 11.8 Å². The number of benzene rings is 2. The lowest BCUT2D eigenvalue weighted by Crippen LogP contribution is -2.15. The summed E-state index contributed by atoms with van der Waals surface area (Å²) >= 11 is 0. The zero-order chi connectivity index (χ0) is 15.1. The average molecular weight is 282 g/mol. The predicted molar refractivity (Wildman–Crippen MR) is 80.7 cm³/mol. The molecular weight excluding hydrogens is 264 g/mol. The first-order valence-corrected chi connectivity index (χ1v) is 7.01. The minimum Gasteiger partial charge on any atom is -0.452 e. The minimum atomic E-state index is -0.487. The van der Waals surface area contributed by atoms with E-state index in [1.165, 1.54) is 0 Å². The van der Waals surface area contributed by atoms with Crippen LogP contribution in [0, 0.1) is 0 Å². The number of ether oxygens (including phenoxy) is 1. The molecule has 0 aliphatic heterocycles. The number of hydrogen-bond acceptors (Lipinski definition) is 3. The van der Waals surface area contributed by atoms with Crippen molar-refractivity contribution < 1.29 is 14.3 Å². The molecule has 2 aromatic rings. The van der Waals surface area contributed by atoms with Gasteiger partial charge in [0.25, 0.3) is 0 Å². The Morgan fingerprint density at radius 1 is 0.905 bits per heavy atom. The molecule has 0 unspecified atom stereocenters. The maximum absolute atomic E-state index is 11.9. The van der Waals surface area contributed by atoms with E-state index >= 15 is 0 Å². The van der Waals surface area contributed by atoms with Crippen LogP contribution < -0.4 is 0 Å². The van der Waals surface area contributed by atoms with Gasteiger partial charge in [-0.05, 0) is 11.1 Å². The first-order valence-electron chi connectivity index (χ1n) is 7.01. The van der Waals surface area contributed by atoms with Crippen LogP contribution in [0.4, 0.5) is 0 Å². The quantitative estimate of drug-likeness (QED) is 0.599. The van der Waals surface area contributed by atoms with Gasteiger partial charge >= 0.3 is 5.97 Å². The highest BCUT2D eigenvalue weighted by Crippen LogP contribution is 2.26. The van der Waals surface area contributed by atoms with Gasteiger partial charge in [-0.1, -0.05) is 67.6 Å². The van der Waals surface area contributed by atoms with Crippen LogP contribution in [0.2, 0.25) is 0 Å². The highest BCUT2D eigenvalue weighted by Gasteiger charge is 2.19. The molecule has 0 saturated heterocycles. The lowest BCUT2D eigenvalue weighted by molar-refractivity contribution is -0.149. The van der Waals surface area contributed by atoms with Gasteiger partial charge in [-0.15, -0.1) is 0 Å². The maximum atomic E-state index is 11.9. The van der Waals surface area contributed by atoms with Crippen LogP contribution in [0.1, 0.15) is 37.0 Å². The van der Waals surface area contributed by atoms with Gasteiger partial charge in [-0.2, -0.15) is 0 Å². The van der Waals surface area contributed by atoms with Crippen molar-refractivity contribution in [3.63, 3.8) is 0 Å². The molecule has 3 heteroatoms. The monoisotopic (exact) mass is 282 g/mol. The van der Waals surface area contributed by atoms with Gasteiger partial charge in [-0.25, -0.2) is 0 Å². The summed E-state index contributed by atoms with van der Waals surface area (Å²) in [6, 6.07) is 19.1. The summed E-state index contributed by atoms with van der Waals surface area (Å²) < 4.78 is 5.54. The Hall–Kier alpha value is -2.42. The van der Waals surface area contributed by atoms with E-state index in [4.69, 9.17) is 4.74 Å². The molecule has 2 rings (SSSR count). The van der Waals surface area contributed by atoms with Crippen LogP contribution in [-0.2, 0) is 14.3 Å². The van der Waals surface area contributed by atoms with Crippen molar-refractivity contribution in [2.24, 2.45) is 0 Å². The van der Waals surface area contributed by atoms with Gasteiger partial charge in [0.05, 0.1) is 0 Å². The number of hydrogen-bond donors (Lipinski definition) is 0. The molecular formula is C18H18O3. The summed E-state index contributed by atoms with van der Waals surface area (Å²) in [5.41, 5.74) is 1.78. The molecule has 21 heavy (non-hydrogen) atoms. The smallest absolute Gasteiger partial charge is 0.314 e. The Balaban J connectivity index is 2.21. The molecule has 0 saturated carbocycles. The second-order valence-electron chi connectivity index (χ2n) is 4.76. The fourth-order valence-electron chi connectivity index (χ4n) is 2.04. The van der Waals surface area contributed by atoms with Gasteiger partial charge < -0.3 is 4.74 Å². The fraction of sp³-hybridized carbons (Fsp3) is 0.222. The van der Waals surface area contributed by atoms with Crippen LogP contribution in [0.5, 0.6) is 0 Å². The molecule has 3 nitrogen and oxygen atoms in total. The zero-order valence-electron chi connectivity index (χ0n) is 12.0. The van der Waals surface area contributed by atoms with Crippen molar-refractivity contribution in [1.82, 2.24) is 0 Å². The minimum absolute atomic E-state index is 0.111. The third-order valence-electron chi connectivity index (χ3n) is 3.19. The summed E-state index contributed by atoms with van der Waals surface area (Å²) in [4.78, 5) is 23.3. The SMILES string of the molecule is CCC(=O)CC(=O)OC(c1ccccc1)c1ccccc1. The van der Waals surface area contributed by atoms with Crippen LogP contribution >= 0.6 is 0 Å². The van der Waals surface area contributed by atoms with Crippen LogP contribution in [0.15, 0.2) is 60.7 Å². The van der Waals surface area contributed by atoms with Crippen molar-refractivity contribution in [3.8, 4) is 0 Å². The molecule has 0 radical (unpaired) electrons. The zero-order valence-corrected chi connectivity index (χ0v) is 12.0. The number of carbonyl (C=O) groups is 2. The van der Waals surface area contributed by atoms with Gasteiger partial charge in [0, 0.05) is 6.42 Å². The molecule has 108 valence electrons. The van der Waals surface area contributed by atoms with Crippen molar-refractivity contribution in [2.45, 2.75) is 25.9 Å². The molecule has 2 aromatic carbocycles. The molecule has 0 heterocycles. The molecule has 0 amide bonds. The van der Waals surface area contributed by atoms with Gasteiger partial charge in [0.2, 0.25) is 0 Å². The lowest BCUT2D eigenvalue weighted by Gasteiger charge is -2.18. The number of rotatable bonds is 6. The normalized spacial score (nSPS) is 10.4. The van der Waals surface area contributed by atoms with Gasteiger partial charge in [0.15, 0.2) is 6.10 Å². The number of Topliss-reactive ketones (excluding diaryl/α,β-unsaturated/α-hetero) is 1. The Morgan fingerprint density at radius 2 is 1.38 bits per heavy atom. The van der Waals surface area contributed by atoms with Crippen LogP contribution in [0.25, 0.3) is 0 Å². The predicted octanol–water partition coefficient (Wildman–Crippen LogP) is 3.69. The number of carbonyl (C=O) groups excluding carboxylic acids is 2. The first kappa shape index (κ1) is 15.0. The van der Waals surface area contributed by atoms with Crippen molar-refractivity contribution in [2.75, 3.05) is 0 Å². The topological polar surface area (TPSA) is 43.4 Å². The summed E-state index contributed by atoms with van der Waals surface area (Å²) in [7, 11) is 0. The van der Waals surface area contributed by atoms with E-state index in [0.717, 1.165) is 11.1 Å². The highest BCUT2D eigenvalue weighted by atomic mass is 16.5. The van der Waals surface area contributed by atoms with Crippen molar-refractivity contribution in [3.05, 3.63) is 71.8 Å². The number of ketones is 1. The van der Waals surface area contributed by atoms with E-state index in [1.807, 2.05) is 60.7 Å². The molecule has 0 atom stereocenters. The highest BCUT2D eigenvalue weighted by molar-refractivity contribution is 5.95. The van der Waals surface area contributed by atoms with Gasteiger partial charge in [-0.3, -0.25) is 9.59 Å². The summed E-state index contributed by atoms with van der Waals surface area (Å²) in [5.74, 6) is -0.598. The second kappa shape index (κ2) is 7.39. The molecule has 0 N–H and O–H groups in total. The van der Waals surface area contributed by atoms with Gasteiger partial charge in [0.1, 0.15) is 12.2 Å². The summed E-state index contributed by atoms with van der Waals surface area (Å²) in [5, 5.41) is 0. The third kappa shape index (κ3) is 4.28. The van der Waals surface area contributed by atoms with E-state index < -0.39 is 12.1 Å². The molecule has 0 fully saturated rings. The van der Waals surface area contributed by atoms with E-state index in [2.05, 4.69) is 0 Å². The lowest BCUT2D eigenvalue weighted by atomic mass is 10.0. The molecule has 0 aromatic heterocycles. The first-order chi connectivity index (χ1) is 10.2.